The molecule has 1 aromatic carbocycles. The highest BCUT2D eigenvalue weighted by atomic mass is 79.9. The summed E-state index contributed by atoms with van der Waals surface area (Å²) in [5.74, 6) is 1.54. The minimum Gasteiger partial charge on any atom is -0.303 e. The zero-order chi connectivity index (χ0) is 18.0. The summed E-state index contributed by atoms with van der Waals surface area (Å²) in [6.07, 6.45) is 5.20. The number of benzene rings is 1. The van der Waals surface area contributed by atoms with Crippen LogP contribution in [-0.4, -0.2) is 31.6 Å². The zero-order valence-electron chi connectivity index (χ0n) is 13.7. The Hall–Kier alpha value is -1.57. The fraction of sp³-hybridized carbons (Fsp3) is 0.235. The van der Waals surface area contributed by atoms with E-state index in [1.165, 1.54) is 0 Å². The fourth-order valence-corrected chi connectivity index (χ4v) is 4.21. The Morgan fingerprint density at radius 2 is 2.16 bits per heavy atom. The first-order valence-corrected chi connectivity index (χ1v) is 9.77. The van der Waals surface area contributed by atoms with Gasteiger partial charge in [0.2, 0.25) is 0 Å². The molecule has 0 aliphatic rings. The minimum atomic E-state index is 0.505. The van der Waals surface area contributed by atoms with Gasteiger partial charge in [0.1, 0.15) is 11.3 Å². The van der Waals surface area contributed by atoms with Crippen LogP contribution in [0.4, 0.5) is 0 Å². The first-order chi connectivity index (χ1) is 12.0. The lowest BCUT2D eigenvalue weighted by Crippen LogP contribution is -2.03. The van der Waals surface area contributed by atoms with Crippen LogP contribution in [0.3, 0.4) is 0 Å². The van der Waals surface area contributed by atoms with Crippen molar-refractivity contribution in [3.63, 3.8) is 0 Å². The highest BCUT2D eigenvalue weighted by Crippen LogP contribution is 2.33. The van der Waals surface area contributed by atoms with Crippen LogP contribution in [0.25, 0.3) is 16.9 Å². The molecule has 8 heteroatoms. The van der Waals surface area contributed by atoms with E-state index in [2.05, 4.69) is 26.1 Å². The van der Waals surface area contributed by atoms with Crippen molar-refractivity contribution >= 4 is 45.6 Å². The number of hydrogen-bond acceptors (Lipinski definition) is 4. The van der Waals surface area contributed by atoms with Crippen molar-refractivity contribution in [3.05, 3.63) is 45.7 Å². The van der Waals surface area contributed by atoms with Gasteiger partial charge in [0.05, 0.1) is 10.7 Å². The first kappa shape index (κ1) is 18.2. The number of nitrogens with zero attached hydrogens (tertiary/aromatic N) is 4. The average Bonchev–Trinajstić information content (AvgIpc) is 3.15. The lowest BCUT2D eigenvalue weighted by Gasteiger charge is -2.03. The van der Waals surface area contributed by atoms with E-state index in [1.807, 2.05) is 44.6 Å². The molecule has 0 saturated carbocycles. The van der Waals surface area contributed by atoms with Gasteiger partial charge in [0.15, 0.2) is 5.82 Å². The second-order valence-corrected chi connectivity index (χ2v) is 7.79. The number of aryl methyl sites for hydroxylation is 2. The Morgan fingerprint density at radius 1 is 1.36 bits per heavy atom. The molecule has 130 valence electrons. The third kappa shape index (κ3) is 3.83. The Morgan fingerprint density at radius 3 is 2.88 bits per heavy atom. The van der Waals surface area contributed by atoms with Crippen LogP contribution in [0.15, 0.2) is 40.1 Å². The summed E-state index contributed by atoms with van der Waals surface area (Å²) in [4.78, 5) is 10.5. The van der Waals surface area contributed by atoms with Gasteiger partial charge in [-0.25, -0.2) is 9.36 Å². The van der Waals surface area contributed by atoms with E-state index >= 15 is 0 Å². The molecule has 2 heterocycles. The van der Waals surface area contributed by atoms with Gasteiger partial charge in [-0.15, -0.1) is 11.8 Å². The molecule has 5 nitrogen and oxygen atoms in total. The van der Waals surface area contributed by atoms with E-state index in [1.54, 1.807) is 21.1 Å². The van der Waals surface area contributed by atoms with Crippen molar-refractivity contribution in [3.8, 4) is 16.9 Å². The summed E-state index contributed by atoms with van der Waals surface area (Å²) < 4.78 is 4.44. The molecular weight excluding hydrogens is 424 g/mol. The molecule has 0 fully saturated rings. The van der Waals surface area contributed by atoms with Crippen molar-refractivity contribution in [1.82, 2.24) is 19.6 Å². The summed E-state index contributed by atoms with van der Waals surface area (Å²) in [6.45, 7) is 1.98. The molecule has 0 aliphatic heterocycles. The SMILES string of the molecule is Cc1cc(-c2cnn(-c3c(Br)c(SCCC=O)nn3C)c2)ccc1Cl. The number of hydrogen-bond donors (Lipinski definition) is 0. The molecule has 3 rings (SSSR count). The Kier molecular flexibility index (Phi) is 5.66. The average molecular weight is 440 g/mol. The highest BCUT2D eigenvalue weighted by Gasteiger charge is 2.17. The monoisotopic (exact) mass is 438 g/mol. The Balaban J connectivity index is 1.91. The third-order valence-corrected chi connectivity index (χ3v) is 6.11. The van der Waals surface area contributed by atoms with E-state index < -0.39 is 0 Å². The van der Waals surface area contributed by atoms with Crippen molar-refractivity contribution in [2.45, 2.75) is 18.4 Å². The van der Waals surface area contributed by atoms with Gasteiger partial charge in [0.25, 0.3) is 0 Å². The second kappa shape index (κ2) is 7.76. The van der Waals surface area contributed by atoms with E-state index in [4.69, 9.17) is 11.6 Å². The van der Waals surface area contributed by atoms with E-state index in [9.17, 15) is 4.79 Å². The largest absolute Gasteiger partial charge is 0.303 e. The molecule has 3 aromatic rings. The maximum atomic E-state index is 10.5. The summed E-state index contributed by atoms with van der Waals surface area (Å²) in [5.41, 5.74) is 3.09. The number of carbonyl (C=O) groups is 1. The molecule has 0 aliphatic carbocycles. The number of rotatable bonds is 6. The van der Waals surface area contributed by atoms with Crippen LogP contribution in [0.1, 0.15) is 12.0 Å². The third-order valence-electron chi connectivity index (χ3n) is 3.70. The summed E-state index contributed by atoms with van der Waals surface area (Å²) >= 11 is 11.3. The molecule has 0 radical (unpaired) electrons. The number of halogens is 2. The molecule has 0 N–H and O–H groups in total. The van der Waals surface area contributed by atoms with Crippen molar-refractivity contribution in [1.29, 1.82) is 0 Å². The van der Waals surface area contributed by atoms with Gasteiger partial charge in [-0.05, 0) is 46.1 Å². The van der Waals surface area contributed by atoms with Crippen LogP contribution in [0.5, 0.6) is 0 Å². The molecule has 25 heavy (non-hydrogen) atoms. The Bertz CT molecular complexity index is 922. The van der Waals surface area contributed by atoms with Crippen LogP contribution in [0.2, 0.25) is 5.02 Å². The Labute approximate surface area is 163 Å². The number of carbonyl (C=O) groups excluding carboxylic acids is 1. The summed E-state index contributed by atoms with van der Waals surface area (Å²) in [7, 11) is 1.87. The molecule has 2 aromatic heterocycles. The van der Waals surface area contributed by atoms with Gasteiger partial charge in [-0.2, -0.15) is 10.2 Å². The molecule has 0 atom stereocenters. The number of aromatic nitrogens is 4. The van der Waals surface area contributed by atoms with Crippen molar-refractivity contribution < 1.29 is 4.79 Å². The van der Waals surface area contributed by atoms with Gasteiger partial charge >= 0.3 is 0 Å². The van der Waals surface area contributed by atoms with Crippen LogP contribution in [0, 0.1) is 6.92 Å². The van der Waals surface area contributed by atoms with Crippen LogP contribution < -0.4 is 0 Å². The fourth-order valence-electron chi connectivity index (χ4n) is 2.42. The topological polar surface area (TPSA) is 52.7 Å². The molecule has 0 amide bonds. The van der Waals surface area contributed by atoms with E-state index in [0.29, 0.717) is 12.2 Å². The molecule has 0 bridgehead atoms. The van der Waals surface area contributed by atoms with E-state index in [0.717, 1.165) is 43.3 Å². The standard InChI is InChI=1S/C17H16BrClN4OS/c1-11-8-12(4-5-14(11)19)13-9-20-23(10-13)17-15(18)16(21-22(17)2)25-7-3-6-24/h4-6,8-10H,3,7H2,1-2H3. The highest BCUT2D eigenvalue weighted by molar-refractivity contribution is 9.10. The quantitative estimate of drug-likeness (QED) is 0.318. The lowest BCUT2D eigenvalue weighted by atomic mass is 10.1. The normalized spacial score (nSPS) is 11.0. The van der Waals surface area contributed by atoms with Crippen LogP contribution in [-0.2, 0) is 11.8 Å². The van der Waals surface area contributed by atoms with Crippen molar-refractivity contribution in [2.24, 2.45) is 7.05 Å². The molecule has 0 saturated heterocycles. The zero-order valence-corrected chi connectivity index (χ0v) is 16.9. The first-order valence-electron chi connectivity index (χ1n) is 7.61. The van der Waals surface area contributed by atoms with Gasteiger partial charge in [0, 0.05) is 36.0 Å². The maximum Gasteiger partial charge on any atom is 0.167 e. The molecular formula is C17H16BrClN4OS. The lowest BCUT2D eigenvalue weighted by molar-refractivity contribution is -0.107. The summed E-state index contributed by atoms with van der Waals surface area (Å²) in [6, 6.07) is 5.92. The van der Waals surface area contributed by atoms with Gasteiger partial charge in [-0.1, -0.05) is 17.7 Å². The minimum absolute atomic E-state index is 0.505. The molecule has 0 spiro atoms. The predicted molar refractivity (Wildman–Crippen MR) is 105 cm³/mol. The maximum absolute atomic E-state index is 10.5. The number of aldehydes is 1. The van der Waals surface area contributed by atoms with Gasteiger partial charge < -0.3 is 4.79 Å². The van der Waals surface area contributed by atoms with Gasteiger partial charge in [-0.3, -0.25) is 0 Å². The van der Waals surface area contributed by atoms with Crippen LogP contribution >= 0.6 is 39.3 Å². The molecule has 0 unspecified atom stereocenters. The number of thioether (sulfide) groups is 1. The smallest absolute Gasteiger partial charge is 0.167 e. The predicted octanol–water partition coefficient (Wildman–Crippen LogP) is 4.68. The second-order valence-electron chi connectivity index (χ2n) is 5.51. The summed E-state index contributed by atoms with van der Waals surface area (Å²) in [5, 5.41) is 10.6. The van der Waals surface area contributed by atoms with E-state index in [-0.39, 0.29) is 0 Å². The van der Waals surface area contributed by atoms with Crippen molar-refractivity contribution in [2.75, 3.05) is 5.75 Å².